The number of carbonyl (C=O) groups excluding carboxylic acids is 1. The van der Waals surface area contributed by atoms with Crippen LogP contribution >= 0.6 is 15.9 Å². The lowest BCUT2D eigenvalue weighted by Gasteiger charge is -2.33. The van der Waals surface area contributed by atoms with E-state index in [1.54, 1.807) is 17.1 Å². The Kier molecular flexibility index (Phi) is 9.16. The quantitative estimate of drug-likeness (QED) is 0.525. The van der Waals surface area contributed by atoms with Crippen LogP contribution in [0.15, 0.2) is 59.1 Å². The molecule has 0 spiro atoms. The van der Waals surface area contributed by atoms with Crippen molar-refractivity contribution in [2.75, 3.05) is 52.5 Å². The van der Waals surface area contributed by atoms with Gasteiger partial charge in [0.25, 0.3) is 0 Å². The highest BCUT2D eigenvalue weighted by molar-refractivity contribution is 9.10. The second-order valence-corrected chi connectivity index (χ2v) is 9.82. The highest BCUT2D eigenvalue weighted by Gasteiger charge is 2.22. The number of ether oxygens (including phenoxy) is 2. The number of benzene rings is 2. The van der Waals surface area contributed by atoms with Crippen molar-refractivity contribution >= 4 is 27.9 Å². The molecule has 0 saturated carbocycles. The van der Waals surface area contributed by atoms with Crippen LogP contribution in [0.25, 0.3) is 6.08 Å². The Hall–Kier alpha value is -2.19. The number of para-hydroxylation sites is 1. The molecule has 6 nitrogen and oxygen atoms in total. The van der Waals surface area contributed by atoms with Crippen LogP contribution in [0.1, 0.15) is 29.9 Å². The van der Waals surface area contributed by atoms with E-state index in [4.69, 9.17) is 9.47 Å². The maximum absolute atomic E-state index is 12.4. The predicted molar refractivity (Wildman–Crippen MR) is 137 cm³/mol. The van der Waals surface area contributed by atoms with E-state index in [0.717, 1.165) is 36.0 Å². The summed E-state index contributed by atoms with van der Waals surface area (Å²) in [6.07, 6.45) is 4.99. The zero-order valence-corrected chi connectivity index (χ0v) is 21.0. The summed E-state index contributed by atoms with van der Waals surface area (Å²) in [6.45, 7) is 5.16. The summed E-state index contributed by atoms with van der Waals surface area (Å²) in [5.74, 6) is 1.22. The van der Waals surface area contributed by atoms with Crippen molar-refractivity contribution in [2.24, 2.45) is 0 Å². The summed E-state index contributed by atoms with van der Waals surface area (Å²) < 4.78 is 12.4. The van der Waals surface area contributed by atoms with Crippen LogP contribution in [-0.2, 0) is 9.53 Å². The van der Waals surface area contributed by atoms with Gasteiger partial charge in [0.15, 0.2) is 0 Å². The van der Waals surface area contributed by atoms with Gasteiger partial charge in [0.05, 0.1) is 13.2 Å². The molecule has 7 heteroatoms. The third kappa shape index (κ3) is 7.15. The van der Waals surface area contributed by atoms with Crippen LogP contribution in [0, 0.1) is 0 Å². The summed E-state index contributed by atoms with van der Waals surface area (Å²) in [5.41, 5.74) is 2.22. The standard InChI is InChI=1S/C27H33BrN2O4/c28-24-8-5-21(6-9-24)22-11-13-29(14-12-22)19-25(31)20-34-26-4-2-1-3-23(26)7-10-27(32)30-15-17-33-18-16-30/h1-10,22,25,31H,11-20H2. The molecule has 2 heterocycles. The number of rotatable bonds is 8. The molecule has 2 aromatic carbocycles. The number of amides is 1. The van der Waals surface area contributed by atoms with Gasteiger partial charge >= 0.3 is 0 Å². The Morgan fingerprint density at radius 1 is 1.09 bits per heavy atom. The summed E-state index contributed by atoms with van der Waals surface area (Å²) in [4.78, 5) is 16.5. The topological polar surface area (TPSA) is 62.2 Å². The molecule has 34 heavy (non-hydrogen) atoms. The van der Waals surface area contributed by atoms with Gasteiger partial charge < -0.3 is 24.4 Å². The molecule has 2 aromatic rings. The Bertz CT molecular complexity index is 951. The minimum absolute atomic E-state index is 0.0234. The molecule has 0 aliphatic carbocycles. The van der Waals surface area contributed by atoms with Crippen molar-refractivity contribution in [2.45, 2.75) is 24.9 Å². The Balaban J connectivity index is 1.23. The molecule has 1 amide bonds. The Morgan fingerprint density at radius 2 is 1.79 bits per heavy atom. The summed E-state index contributed by atoms with van der Waals surface area (Å²) in [6, 6.07) is 16.2. The number of piperidine rings is 1. The third-order valence-electron chi connectivity index (χ3n) is 6.48. The van der Waals surface area contributed by atoms with Gasteiger partial charge in [0, 0.05) is 35.7 Å². The van der Waals surface area contributed by atoms with Crippen molar-refractivity contribution in [1.29, 1.82) is 0 Å². The average Bonchev–Trinajstić information content (AvgIpc) is 2.88. The molecule has 1 N–H and O–H groups in total. The molecule has 1 unspecified atom stereocenters. The molecule has 2 fully saturated rings. The molecule has 2 saturated heterocycles. The number of nitrogens with zero attached hydrogens (tertiary/aromatic N) is 2. The molecule has 0 radical (unpaired) electrons. The lowest BCUT2D eigenvalue weighted by molar-refractivity contribution is -0.129. The van der Waals surface area contributed by atoms with Crippen molar-refractivity contribution in [3.8, 4) is 5.75 Å². The van der Waals surface area contributed by atoms with E-state index in [0.29, 0.717) is 44.5 Å². The van der Waals surface area contributed by atoms with Crippen LogP contribution in [0.4, 0.5) is 0 Å². The van der Waals surface area contributed by atoms with Gasteiger partial charge in [0.2, 0.25) is 5.91 Å². The molecule has 0 bridgehead atoms. The molecule has 2 aliphatic heterocycles. The van der Waals surface area contributed by atoms with E-state index in [2.05, 4.69) is 45.1 Å². The number of carbonyl (C=O) groups is 1. The molecular weight excluding hydrogens is 496 g/mol. The fraction of sp³-hybridized carbons (Fsp3) is 0.444. The van der Waals surface area contributed by atoms with Gasteiger partial charge in [0.1, 0.15) is 18.5 Å². The van der Waals surface area contributed by atoms with Gasteiger partial charge in [-0.2, -0.15) is 0 Å². The van der Waals surface area contributed by atoms with Crippen LogP contribution in [0.5, 0.6) is 5.75 Å². The predicted octanol–water partition coefficient (Wildman–Crippen LogP) is 3.94. The highest BCUT2D eigenvalue weighted by atomic mass is 79.9. The normalized spacial score (nSPS) is 18.8. The van der Waals surface area contributed by atoms with E-state index in [-0.39, 0.29) is 12.5 Å². The number of aliphatic hydroxyl groups is 1. The maximum atomic E-state index is 12.4. The van der Waals surface area contributed by atoms with Gasteiger partial charge in [-0.3, -0.25) is 4.79 Å². The minimum Gasteiger partial charge on any atom is -0.490 e. The van der Waals surface area contributed by atoms with Crippen LogP contribution in [-0.4, -0.2) is 79.5 Å². The van der Waals surface area contributed by atoms with E-state index >= 15 is 0 Å². The molecular formula is C27H33BrN2O4. The second-order valence-electron chi connectivity index (χ2n) is 8.90. The maximum Gasteiger partial charge on any atom is 0.246 e. The SMILES string of the molecule is O=C(C=Cc1ccccc1OCC(O)CN1CCC(c2ccc(Br)cc2)CC1)N1CCOCC1. The van der Waals surface area contributed by atoms with Gasteiger partial charge in [-0.15, -0.1) is 0 Å². The monoisotopic (exact) mass is 528 g/mol. The van der Waals surface area contributed by atoms with Crippen LogP contribution in [0.3, 0.4) is 0 Å². The van der Waals surface area contributed by atoms with Gasteiger partial charge in [-0.25, -0.2) is 0 Å². The average molecular weight is 529 g/mol. The molecule has 4 rings (SSSR count). The van der Waals surface area contributed by atoms with Crippen molar-refractivity contribution in [1.82, 2.24) is 9.80 Å². The molecule has 1 atom stereocenters. The summed E-state index contributed by atoms with van der Waals surface area (Å²) >= 11 is 3.50. The first-order valence-corrected chi connectivity index (χ1v) is 12.8. The Labute approximate surface area is 210 Å². The van der Waals surface area contributed by atoms with Gasteiger partial charge in [-0.1, -0.05) is 46.3 Å². The fourth-order valence-electron chi connectivity index (χ4n) is 4.52. The van der Waals surface area contributed by atoms with Crippen LogP contribution < -0.4 is 4.74 Å². The highest BCUT2D eigenvalue weighted by Crippen LogP contribution is 2.29. The first-order valence-electron chi connectivity index (χ1n) is 12.0. The molecule has 2 aliphatic rings. The first kappa shape index (κ1) is 24.9. The van der Waals surface area contributed by atoms with Crippen molar-refractivity contribution in [3.63, 3.8) is 0 Å². The first-order chi connectivity index (χ1) is 16.6. The molecule has 182 valence electrons. The van der Waals surface area contributed by atoms with Crippen LogP contribution in [0.2, 0.25) is 0 Å². The van der Waals surface area contributed by atoms with Crippen molar-refractivity contribution in [3.05, 3.63) is 70.2 Å². The number of likely N-dealkylation sites (tertiary alicyclic amines) is 1. The fourth-order valence-corrected chi connectivity index (χ4v) is 4.78. The number of halogens is 1. The van der Waals surface area contributed by atoms with E-state index < -0.39 is 6.10 Å². The zero-order valence-electron chi connectivity index (χ0n) is 19.4. The summed E-state index contributed by atoms with van der Waals surface area (Å²) in [7, 11) is 0. The number of morpholine rings is 1. The van der Waals surface area contributed by atoms with E-state index in [9.17, 15) is 9.90 Å². The largest absolute Gasteiger partial charge is 0.490 e. The van der Waals surface area contributed by atoms with E-state index in [1.165, 1.54) is 5.56 Å². The number of aliphatic hydroxyl groups excluding tert-OH is 1. The lowest BCUT2D eigenvalue weighted by Crippen LogP contribution is -2.40. The second kappa shape index (κ2) is 12.5. The smallest absolute Gasteiger partial charge is 0.246 e. The van der Waals surface area contributed by atoms with Gasteiger partial charge in [-0.05, 0) is 61.7 Å². The number of β-amino-alcohol motifs (C(OH)–C–C–N with tert-alkyl or cyclic N) is 1. The zero-order chi connectivity index (χ0) is 23.8. The summed E-state index contributed by atoms with van der Waals surface area (Å²) in [5, 5.41) is 10.6. The molecule has 0 aromatic heterocycles. The van der Waals surface area contributed by atoms with Crippen molar-refractivity contribution < 1.29 is 19.4 Å². The third-order valence-corrected chi connectivity index (χ3v) is 7.01. The number of hydrogen-bond acceptors (Lipinski definition) is 5. The van der Waals surface area contributed by atoms with E-state index in [1.807, 2.05) is 24.3 Å². The lowest BCUT2D eigenvalue weighted by atomic mass is 9.89. The minimum atomic E-state index is -0.573. The Morgan fingerprint density at radius 3 is 2.53 bits per heavy atom. The number of hydrogen-bond donors (Lipinski definition) is 1.